The van der Waals surface area contributed by atoms with Crippen molar-refractivity contribution >= 4 is 17.2 Å². The Morgan fingerprint density at radius 3 is 2.52 bits per heavy atom. The summed E-state index contributed by atoms with van der Waals surface area (Å²) in [6.45, 7) is 3.68. The van der Waals surface area contributed by atoms with Crippen LogP contribution in [0.5, 0.6) is 5.75 Å². The van der Waals surface area contributed by atoms with Crippen LogP contribution in [0.25, 0.3) is 5.70 Å². The van der Waals surface area contributed by atoms with Gasteiger partial charge in [-0.1, -0.05) is 6.07 Å². The molecule has 1 unspecified atom stereocenters. The number of methoxy groups -OCH3 is 1. The maximum Gasteiger partial charge on any atom is 0.269 e. The molecule has 0 saturated carbocycles. The second-order valence-corrected chi connectivity index (χ2v) is 6.93. The van der Waals surface area contributed by atoms with Gasteiger partial charge in [0.2, 0.25) is 0 Å². The molecular formula is C20H20N2O5. The Labute approximate surface area is 156 Å². The third kappa shape index (κ3) is 3.54. The van der Waals surface area contributed by atoms with E-state index in [1.807, 2.05) is 13.8 Å². The summed E-state index contributed by atoms with van der Waals surface area (Å²) in [5.41, 5.74) is 1.52. The number of carbonyl (C=O) groups is 1. The van der Waals surface area contributed by atoms with Crippen molar-refractivity contribution in [2.75, 3.05) is 7.11 Å². The number of non-ortho nitro benzene ring substituents is 1. The van der Waals surface area contributed by atoms with Gasteiger partial charge in [-0.2, -0.15) is 0 Å². The van der Waals surface area contributed by atoms with Crippen molar-refractivity contribution in [3.8, 4) is 5.75 Å². The molecule has 1 atom stereocenters. The summed E-state index contributed by atoms with van der Waals surface area (Å²) in [5, 5.41) is 24.6. The SMILES string of the molecule is COc1ccc2c(c1)/C(=C/C(=O)c1ccc([N+](=O)[O-])cc1)NC(C)(C)C2O. The van der Waals surface area contributed by atoms with E-state index >= 15 is 0 Å². The van der Waals surface area contributed by atoms with Crippen molar-refractivity contribution in [1.29, 1.82) is 0 Å². The Morgan fingerprint density at radius 2 is 1.93 bits per heavy atom. The Hall–Kier alpha value is -3.19. The molecule has 0 spiro atoms. The molecule has 0 saturated heterocycles. The lowest BCUT2D eigenvalue weighted by molar-refractivity contribution is -0.384. The summed E-state index contributed by atoms with van der Waals surface area (Å²) in [7, 11) is 1.55. The van der Waals surface area contributed by atoms with Crippen LogP contribution in [0.3, 0.4) is 0 Å². The van der Waals surface area contributed by atoms with Crippen molar-refractivity contribution in [2.24, 2.45) is 0 Å². The average Bonchev–Trinajstić information content (AvgIpc) is 2.65. The number of hydrogen-bond acceptors (Lipinski definition) is 6. The summed E-state index contributed by atoms with van der Waals surface area (Å²) in [4.78, 5) is 22.9. The van der Waals surface area contributed by atoms with Gasteiger partial charge in [-0.25, -0.2) is 0 Å². The predicted molar refractivity (Wildman–Crippen MR) is 101 cm³/mol. The number of allylic oxidation sites excluding steroid dienone is 1. The highest BCUT2D eigenvalue weighted by Gasteiger charge is 2.36. The van der Waals surface area contributed by atoms with Crippen molar-refractivity contribution < 1.29 is 19.6 Å². The molecule has 2 aromatic carbocycles. The molecule has 0 fully saturated rings. The summed E-state index contributed by atoms with van der Waals surface area (Å²) in [6.07, 6.45) is 0.678. The van der Waals surface area contributed by atoms with Crippen LogP contribution < -0.4 is 10.1 Å². The first kappa shape index (κ1) is 18.6. The number of aliphatic hydroxyl groups is 1. The highest BCUT2D eigenvalue weighted by Crippen LogP contribution is 2.39. The molecule has 140 valence electrons. The van der Waals surface area contributed by atoms with E-state index in [9.17, 15) is 20.0 Å². The highest BCUT2D eigenvalue weighted by atomic mass is 16.6. The van der Waals surface area contributed by atoms with Gasteiger partial charge in [-0.05, 0) is 43.7 Å². The highest BCUT2D eigenvalue weighted by molar-refractivity contribution is 6.08. The molecule has 0 bridgehead atoms. The summed E-state index contributed by atoms with van der Waals surface area (Å²) < 4.78 is 5.26. The minimum Gasteiger partial charge on any atom is -0.497 e. The van der Waals surface area contributed by atoms with Gasteiger partial charge in [0.05, 0.1) is 17.6 Å². The zero-order valence-electron chi connectivity index (χ0n) is 15.2. The zero-order valence-corrected chi connectivity index (χ0v) is 15.2. The zero-order chi connectivity index (χ0) is 19.8. The fraction of sp³-hybridized carbons (Fsp3) is 0.250. The second kappa shape index (κ2) is 6.85. The number of ketones is 1. The third-order valence-electron chi connectivity index (χ3n) is 4.62. The molecule has 27 heavy (non-hydrogen) atoms. The van der Waals surface area contributed by atoms with Gasteiger partial charge >= 0.3 is 0 Å². The quantitative estimate of drug-likeness (QED) is 0.372. The van der Waals surface area contributed by atoms with Gasteiger partial charge in [0.15, 0.2) is 5.78 Å². The Bertz CT molecular complexity index is 932. The third-order valence-corrected chi connectivity index (χ3v) is 4.62. The van der Waals surface area contributed by atoms with Crippen molar-refractivity contribution in [3.63, 3.8) is 0 Å². The molecule has 0 aliphatic carbocycles. The van der Waals surface area contributed by atoms with Gasteiger partial charge in [-0.3, -0.25) is 14.9 Å². The van der Waals surface area contributed by atoms with Crippen molar-refractivity contribution in [1.82, 2.24) is 5.32 Å². The number of fused-ring (bicyclic) bond motifs is 1. The maximum atomic E-state index is 12.7. The number of nitro groups is 1. The van der Waals surface area contributed by atoms with Crippen LogP contribution in [0.15, 0.2) is 48.5 Å². The van der Waals surface area contributed by atoms with Crippen LogP contribution in [0, 0.1) is 10.1 Å². The van der Waals surface area contributed by atoms with Crippen LogP contribution in [-0.2, 0) is 0 Å². The summed E-state index contributed by atoms with van der Waals surface area (Å²) >= 11 is 0. The van der Waals surface area contributed by atoms with Gasteiger partial charge in [0.1, 0.15) is 11.9 Å². The summed E-state index contributed by atoms with van der Waals surface area (Å²) in [5.74, 6) is 0.310. The molecule has 2 aromatic rings. The number of nitrogens with one attached hydrogen (secondary N) is 1. The van der Waals surface area contributed by atoms with Crippen molar-refractivity contribution in [3.05, 3.63) is 75.3 Å². The topological polar surface area (TPSA) is 102 Å². The fourth-order valence-corrected chi connectivity index (χ4v) is 3.08. The van der Waals surface area contributed by atoms with Crippen LogP contribution in [0.1, 0.15) is 41.4 Å². The minimum absolute atomic E-state index is 0.0747. The second-order valence-electron chi connectivity index (χ2n) is 6.93. The van der Waals surface area contributed by atoms with Gasteiger partial charge < -0.3 is 15.2 Å². The standard InChI is InChI=1S/C20H20N2O5/c1-20(2)19(24)15-9-8-14(27-3)10-16(15)17(21-20)11-18(23)12-4-6-13(7-5-12)22(25)26/h4-11,19,21,24H,1-3H3/b17-11-. The van der Waals surface area contributed by atoms with E-state index in [1.54, 1.807) is 25.3 Å². The molecule has 2 N–H and O–H groups in total. The number of carbonyl (C=O) groups excluding carboxylic acids is 1. The fourth-order valence-electron chi connectivity index (χ4n) is 3.08. The van der Waals surface area contributed by atoms with Crippen molar-refractivity contribution in [2.45, 2.75) is 25.5 Å². The van der Waals surface area contributed by atoms with Gasteiger partial charge in [0, 0.05) is 35.0 Å². The number of hydrogen-bond donors (Lipinski definition) is 2. The molecule has 3 rings (SSSR count). The number of nitrogens with zero attached hydrogens (tertiary/aromatic N) is 1. The first-order valence-electron chi connectivity index (χ1n) is 8.38. The molecule has 0 amide bonds. The van der Waals surface area contributed by atoms with Gasteiger partial charge in [0.25, 0.3) is 5.69 Å². The van der Waals surface area contributed by atoms with Crippen LogP contribution in [0.2, 0.25) is 0 Å². The largest absolute Gasteiger partial charge is 0.497 e. The lowest BCUT2D eigenvalue weighted by Gasteiger charge is -2.40. The average molecular weight is 368 g/mol. The van der Waals surface area contributed by atoms with Crippen LogP contribution in [0.4, 0.5) is 5.69 Å². The number of nitro benzene ring substituents is 1. The van der Waals surface area contributed by atoms with E-state index in [0.717, 1.165) is 0 Å². The molecule has 7 heteroatoms. The van der Waals surface area contributed by atoms with E-state index in [1.165, 1.54) is 30.3 Å². The number of benzene rings is 2. The lowest BCUT2D eigenvalue weighted by Crippen LogP contribution is -2.47. The monoisotopic (exact) mass is 368 g/mol. The molecule has 0 radical (unpaired) electrons. The summed E-state index contributed by atoms with van der Waals surface area (Å²) in [6, 6.07) is 10.7. The van der Waals surface area contributed by atoms with E-state index in [-0.39, 0.29) is 11.5 Å². The Morgan fingerprint density at radius 1 is 1.26 bits per heavy atom. The molecular weight excluding hydrogens is 348 g/mol. The molecule has 1 aliphatic heterocycles. The van der Waals surface area contributed by atoms with E-state index < -0.39 is 16.6 Å². The van der Waals surface area contributed by atoms with E-state index in [4.69, 9.17) is 4.74 Å². The van der Waals surface area contributed by atoms with E-state index in [0.29, 0.717) is 28.1 Å². The van der Waals surface area contributed by atoms with E-state index in [2.05, 4.69) is 5.32 Å². The molecule has 0 aromatic heterocycles. The smallest absolute Gasteiger partial charge is 0.269 e. The normalized spacial score (nSPS) is 19.1. The molecule has 7 nitrogen and oxygen atoms in total. The minimum atomic E-state index is -0.759. The maximum absolute atomic E-state index is 12.7. The Kier molecular flexibility index (Phi) is 4.72. The first-order chi connectivity index (χ1) is 12.7. The lowest BCUT2D eigenvalue weighted by atomic mass is 9.82. The van der Waals surface area contributed by atoms with Gasteiger partial charge in [-0.15, -0.1) is 0 Å². The Balaban J connectivity index is 2.03. The number of aliphatic hydroxyl groups excluding tert-OH is 1. The van der Waals surface area contributed by atoms with Crippen LogP contribution >= 0.6 is 0 Å². The first-order valence-corrected chi connectivity index (χ1v) is 8.38. The molecule has 1 aliphatic rings. The number of ether oxygens (including phenoxy) is 1. The van der Waals surface area contributed by atoms with Crippen LogP contribution in [-0.4, -0.2) is 28.5 Å². The predicted octanol–water partition coefficient (Wildman–Crippen LogP) is 3.24. The number of rotatable bonds is 4. The molecule has 1 heterocycles.